The maximum absolute atomic E-state index is 5.83. The Hall–Kier alpha value is 0.0200. The number of hydrogen-bond donors (Lipinski definition) is 0. The highest BCUT2D eigenvalue weighted by Gasteiger charge is 2.01. The van der Waals surface area contributed by atoms with Gasteiger partial charge in [-0.25, -0.2) is 0 Å². The third-order valence-corrected chi connectivity index (χ3v) is 2.91. The molecule has 0 saturated carbocycles. The zero-order valence-electron chi connectivity index (χ0n) is 6.28. The van der Waals surface area contributed by atoms with E-state index < -0.39 is 0 Å². The molecule has 12 heavy (non-hydrogen) atoms. The van der Waals surface area contributed by atoms with E-state index in [-0.39, 0.29) is 0 Å². The number of alkyl halides is 1. The van der Waals surface area contributed by atoms with Crippen LogP contribution in [0.1, 0.15) is 5.56 Å². The Balaban J connectivity index is 3.05. The van der Waals surface area contributed by atoms with Crippen LogP contribution < -0.4 is 0 Å². The van der Waals surface area contributed by atoms with Gasteiger partial charge in [0, 0.05) is 5.33 Å². The number of benzene rings is 1. The summed E-state index contributed by atoms with van der Waals surface area (Å²) in [7, 11) is 0. The van der Waals surface area contributed by atoms with Crippen LogP contribution in [0.4, 0.5) is 0 Å². The van der Waals surface area contributed by atoms with Gasteiger partial charge < -0.3 is 0 Å². The van der Waals surface area contributed by atoms with Crippen molar-refractivity contribution in [1.82, 2.24) is 0 Å². The summed E-state index contributed by atoms with van der Waals surface area (Å²) in [6.45, 7) is 3.87. The molecule has 1 rings (SSSR count). The van der Waals surface area contributed by atoms with Crippen molar-refractivity contribution in [1.29, 1.82) is 0 Å². The fraction of sp³-hybridized carbons (Fsp3) is 0.111. The third kappa shape index (κ3) is 2.25. The number of hydrogen-bond acceptors (Lipinski definition) is 0. The van der Waals surface area contributed by atoms with Gasteiger partial charge in [0.2, 0.25) is 0 Å². The van der Waals surface area contributed by atoms with E-state index in [1.807, 2.05) is 12.1 Å². The molecule has 0 amide bonds. The minimum absolute atomic E-state index is 0.566. The van der Waals surface area contributed by atoms with Crippen LogP contribution >= 0.6 is 39.1 Å². The summed E-state index contributed by atoms with van der Waals surface area (Å²) in [5.74, 6) is 0. The Kier molecular flexibility index (Phi) is 3.63. The molecule has 0 bridgehead atoms. The first-order valence-electron chi connectivity index (χ1n) is 3.34. The Labute approximate surface area is 90.3 Å². The molecule has 1 aromatic carbocycles. The molecular formula is C9H7BrCl2. The molecule has 0 radical (unpaired) electrons. The average molecular weight is 266 g/mol. The van der Waals surface area contributed by atoms with Gasteiger partial charge in [0.25, 0.3) is 0 Å². The van der Waals surface area contributed by atoms with Crippen LogP contribution in [0.15, 0.2) is 24.8 Å². The molecule has 0 aliphatic rings. The molecule has 0 nitrogen and oxygen atoms in total. The molecule has 0 heterocycles. The van der Waals surface area contributed by atoms with E-state index in [0.29, 0.717) is 10.0 Å². The first-order chi connectivity index (χ1) is 5.65. The maximum atomic E-state index is 5.83. The van der Waals surface area contributed by atoms with E-state index in [2.05, 4.69) is 22.5 Å². The van der Waals surface area contributed by atoms with Gasteiger partial charge >= 0.3 is 0 Å². The number of halogens is 3. The minimum Gasteiger partial charge on any atom is -0.0944 e. The molecule has 0 atom stereocenters. The highest BCUT2D eigenvalue weighted by atomic mass is 79.9. The van der Waals surface area contributed by atoms with Crippen molar-refractivity contribution < 1.29 is 0 Å². The van der Waals surface area contributed by atoms with Crippen molar-refractivity contribution in [2.24, 2.45) is 0 Å². The van der Waals surface area contributed by atoms with Gasteiger partial charge in [-0.3, -0.25) is 0 Å². The van der Waals surface area contributed by atoms with Crippen LogP contribution in [0, 0.1) is 0 Å². The predicted molar refractivity (Wildman–Crippen MR) is 59.3 cm³/mol. The fourth-order valence-electron chi connectivity index (χ4n) is 0.793. The molecule has 0 saturated heterocycles. The Morgan fingerprint density at radius 2 is 2.00 bits per heavy atom. The number of allylic oxidation sites excluding steroid dienone is 1. The van der Waals surface area contributed by atoms with E-state index in [4.69, 9.17) is 23.2 Å². The second kappa shape index (κ2) is 4.31. The zero-order chi connectivity index (χ0) is 9.14. The molecule has 0 spiro atoms. The van der Waals surface area contributed by atoms with Crippen molar-refractivity contribution in [3.63, 3.8) is 0 Å². The van der Waals surface area contributed by atoms with Crippen LogP contribution in [-0.4, -0.2) is 5.33 Å². The van der Waals surface area contributed by atoms with E-state index in [0.717, 1.165) is 16.5 Å². The summed E-state index contributed by atoms with van der Waals surface area (Å²) in [4.78, 5) is 0. The lowest BCUT2D eigenvalue weighted by Gasteiger charge is -2.02. The smallest absolute Gasteiger partial charge is 0.0598 e. The van der Waals surface area contributed by atoms with E-state index in [1.165, 1.54) is 0 Å². The van der Waals surface area contributed by atoms with Gasteiger partial charge in [-0.05, 0) is 23.3 Å². The Bertz CT molecular complexity index is 307. The lowest BCUT2D eigenvalue weighted by Crippen LogP contribution is -1.83. The third-order valence-electron chi connectivity index (χ3n) is 1.49. The monoisotopic (exact) mass is 264 g/mol. The molecule has 0 aliphatic heterocycles. The molecule has 0 N–H and O–H groups in total. The quantitative estimate of drug-likeness (QED) is 0.696. The standard InChI is InChI=1S/C9H7BrCl2/c1-6(5-10)7-2-3-8(11)9(12)4-7/h2-4H,1,5H2. The lowest BCUT2D eigenvalue weighted by molar-refractivity contribution is 1.59. The zero-order valence-corrected chi connectivity index (χ0v) is 9.38. The fourth-order valence-corrected chi connectivity index (χ4v) is 1.42. The van der Waals surface area contributed by atoms with Crippen molar-refractivity contribution in [2.45, 2.75) is 0 Å². The van der Waals surface area contributed by atoms with Crippen molar-refractivity contribution in [2.75, 3.05) is 5.33 Å². The largest absolute Gasteiger partial charge is 0.0944 e. The summed E-state index contributed by atoms with van der Waals surface area (Å²) in [5, 5.41) is 1.88. The van der Waals surface area contributed by atoms with Gasteiger partial charge in [0.05, 0.1) is 10.0 Å². The summed E-state index contributed by atoms with van der Waals surface area (Å²) in [5.41, 5.74) is 2.01. The van der Waals surface area contributed by atoms with E-state index in [1.54, 1.807) is 6.07 Å². The average Bonchev–Trinajstić information content (AvgIpc) is 2.08. The predicted octanol–water partition coefficient (Wildman–Crippen LogP) is 4.40. The molecule has 64 valence electrons. The Morgan fingerprint density at radius 3 is 2.50 bits per heavy atom. The molecule has 3 heteroatoms. The highest BCUT2D eigenvalue weighted by Crippen LogP contribution is 2.25. The topological polar surface area (TPSA) is 0 Å². The Morgan fingerprint density at radius 1 is 1.33 bits per heavy atom. The van der Waals surface area contributed by atoms with Crippen LogP contribution in [-0.2, 0) is 0 Å². The second-order valence-corrected chi connectivity index (χ2v) is 3.74. The van der Waals surface area contributed by atoms with Crippen molar-refractivity contribution >= 4 is 44.7 Å². The molecule has 0 aliphatic carbocycles. The molecule has 0 unspecified atom stereocenters. The van der Waals surface area contributed by atoms with Gasteiger partial charge in [-0.15, -0.1) is 0 Å². The lowest BCUT2D eigenvalue weighted by atomic mass is 10.1. The van der Waals surface area contributed by atoms with Crippen LogP contribution in [0.2, 0.25) is 10.0 Å². The summed E-state index contributed by atoms with van der Waals surface area (Å²) < 4.78 is 0. The van der Waals surface area contributed by atoms with E-state index in [9.17, 15) is 0 Å². The molecular weight excluding hydrogens is 259 g/mol. The molecule has 1 aromatic rings. The highest BCUT2D eigenvalue weighted by molar-refractivity contribution is 9.09. The van der Waals surface area contributed by atoms with Gasteiger partial charge in [-0.2, -0.15) is 0 Å². The second-order valence-electron chi connectivity index (χ2n) is 2.37. The summed E-state index contributed by atoms with van der Waals surface area (Å²) in [6, 6.07) is 5.48. The van der Waals surface area contributed by atoms with Crippen molar-refractivity contribution in [3.05, 3.63) is 40.4 Å². The van der Waals surface area contributed by atoms with Crippen LogP contribution in [0.5, 0.6) is 0 Å². The summed E-state index contributed by atoms with van der Waals surface area (Å²) in [6.07, 6.45) is 0. The SMILES string of the molecule is C=C(CBr)c1ccc(Cl)c(Cl)c1. The van der Waals surface area contributed by atoms with Gasteiger partial charge in [0.15, 0.2) is 0 Å². The van der Waals surface area contributed by atoms with Gasteiger partial charge in [0.1, 0.15) is 0 Å². The minimum atomic E-state index is 0.566. The van der Waals surface area contributed by atoms with Gasteiger partial charge in [-0.1, -0.05) is 51.8 Å². The molecule has 0 fully saturated rings. The van der Waals surface area contributed by atoms with E-state index >= 15 is 0 Å². The summed E-state index contributed by atoms with van der Waals surface area (Å²) >= 11 is 14.9. The van der Waals surface area contributed by atoms with Crippen LogP contribution in [0.25, 0.3) is 5.57 Å². The maximum Gasteiger partial charge on any atom is 0.0598 e. The van der Waals surface area contributed by atoms with Crippen LogP contribution in [0.3, 0.4) is 0 Å². The van der Waals surface area contributed by atoms with Crippen molar-refractivity contribution in [3.8, 4) is 0 Å². The first kappa shape index (κ1) is 10.1. The normalized spacial score (nSPS) is 9.92. The number of rotatable bonds is 2. The molecule has 0 aromatic heterocycles. The first-order valence-corrected chi connectivity index (χ1v) is 5.22.